The van der Waals surface area contributed by atoms with Crippen LogP contribution in [0.3, 0.4) is 0 Å². The molecule has 0 spiro atoms. The topological polar surface area (TPSA) is 120 Å². The molecule has 3 aromatic heterocycles. The molecular formula is C26H32F3N7O2. The van der Waals surface area contributed by atoms with Crippen LogP contribution in [0.1, 0.15) is 60.8 Å². The third-order valence-electron chi connectivity index (χ3n) is 7.68. The molecule has 3 N–H and O–H groups in total. The molecule has 3 aliphatic rings. The number of halogens is 3. The van der Waals surface area contributed by atoms with E-state index in [1.807, 2.05) is 19.2 Å². The number of imidazole rings is 1. The average Bonchev–Trinajstić information content (AvgIpc) is 3.76. The van der Waals surface area contributed by atoms with E-state index in [4.69, 9.17) is 10.7 Å². The van der Waals surface area contributed by atoms with Gasteiger partial charge in [0.1, 0.15) is 11.7 Å². The SMILES string of the molecule is CCn1nccc1C(N)=O.O=C1NC(C(F)(F)F)CC1Cc1cnn2cc(CC(C3CC3)C3CC3)nc2c1. The van der Waals surface area contributed by atoms with Crippen LogP contribution in [0, 0.1) is 23.7 Å². The Morgan fingerprint density at radius 3 is 2.47 bits per heavy atom. The summed E-state index contributed by atoms with van der Waals surface area (Å²) < 4.78 is 41.8. The molecule has 0 bridgehead atoms. The summed E-state index contributed by atoms with van der Waals surface area (Å²) in [6, 6.07) is 1.70. The smallest absolute Gasteiger partial charge is 0.364 e. The third kappa shape index (κ3) is 5.99. The van der Waals surface area contributed by atoms with Gasteiger partial charge in [0.05, 0.1) is 18.1 Å². The van der Waals surface area contributed by atoms with Crippen LogP contribution >= 0.6 is 0 Å². The van der Waals surface area contributed by atoms with E-state index in [0.717, 1.165) is 35.4 Å². The minimum absolute atomic E-state index is 0.225. The Bertz CT molecular complexity index is 1300. The molecular weight excluding hydrogens is 499 g/mol. The summed E-state index contributed by atoms with van der Waals surface area (Å²) in [5.74, 6) is 0.777. The van der Waals surface area contributed by atoms with Gasteiger partial charge in [-0.2, -0.15) is 23.4 Å². The van der Waals surface area contributed by atoms with Crippen LogP contribution in [0.25, 0.3) is 5.65 Å². The fourth-order valence-electron chi connectivity index (χ4n) is 5.39. The summed E-state index contributed by atoms with van der Waals surface area (Å²) in [7, 11) is 0. The Balaban J connectivity index is 0.000000249. The number of hydrogen-bond acceptors (Lipinski definition) is 5. The Morgan fingerprint density at radius 2 is 1.92 bits per heavy atom. The Kier molecular flexibility index (Phi) is 7.15. The Labute approximate surface area is 218 Å². The average molecular weight is 532 g/mol. The van der Waals surface area contributed by atoms with Crippen molar-refractivity contribution in [3.8, 4) is 0 Å². The van der Waals surface area contributed by atoms with Gasteiger partial charge in [0.15, 0.2) is 5.65 Å². The van der Waals surface area contributed by atoms with Crippen LogP contribution < -0.4 is 11.1 Å². The Hall–Kier alpha value is -3.44. The largest absolute Gasteiger partial charge is 0.408 e. The quantitative estimate of drug-likeness (QED) is 0.462. The predicted molar refractivity (Wildman–Crippen MR) is 132 cm³/mol. The molecule has 6 rings (SSSR count). The van der Waals surface area contributed by atoms with E-state index in [-0.39, 0.29) is 12.8 Å². The molecule has 9 nitrogen and oxygen atoms in total. The first-order valence-electron chi connectivity index (χ1n) is 13.1. The molecule has 204 valence electrons. The third-order valence-corrected chi connectivity index (χ3v) is 7.68. The number of fused-ring (bicyclic) bond motifs is 1. The predicted octanol–water partition coefficient (Wildman–Crippen LogP) is 3.32. The maximum Gasteiger partial charge on any atom is 0.408 e. The van der Waals surface area contributed by atoms with Gasteiger partial charge < -0.3 is 11.1 Å². The van der Waals surface area contributed by atoms with Gasteiger partial charge in [0.2, 0.25) is 5.91 Å². The molecule has 2 amide bonds. The summed E-state index contributed by atoms with van der Waals surface area (Å²) in [6.45, 7) is 2.57. The maximum absolute atomic E-state index is 12.8. The maximum atomic E-state index is 12.8. The van der Waals surface area contributed by atoms with Crippen molar-refractivity contribution in [2.24, 2.45) is 29.4 Å². The van der Waals surface area contributed by atoms with Gasteiger partial charge in [-0.05, 0) is 87.3 Å². The first-order chi connectivity index (χ1) is 18.1. The summed E-state index contributed by atoms with van der Waals surface area (Å²) >= 11 is 0. The number of aryl methyl sites for hydroxylation is 1. The van der Waals surface area contributed by atoms with Crippen LogP contribution in [0.5, 0.6) is 0 Å². The first-order valence-corrected chi connectivity index (χ1v) is 13.1. The van der Waals surface area contributed by atoms with Gasteiger partial charge in [-0.1, -0.05) is 0 Å². The fraction of sp³-hybridized carbons (Fsp3) is 0.577. The van der Waals surface area contributed by atoms with Crippen molar-refractivity contribution in [1.82, 2.24) is 29.7 Å². The second-order valence-electron chi connectivity index (χ2n) is 10.6. The Morgan fingerprint density at radius 1 is 1.21 bits per heavy atom. The van der Waals surface area contributed by atoms with Crippen LogP contribution in [-0.2, 0) is 24.2 Å². The van der Waals surface area contributed by atoms with Crippen molar-refractivity contribution in [2.75, 3.05) is 0 Å². The molecule has 0 aromatic carbocycles. The first kappa shape index (κ1) is 26.2. The highest BCUT2D eigenvalue weighted by Crippen LogP contribution is 2.50. The number of alkyl halides is 3. The second kappa shape index (κ2) is 10.4. The van der Waals surface area contributed by atoms with Gasteiger partial charge in [0.25, 0.3) is 5.91 Å². The lowest BCUT2D eigenvalue weighted by atomic mass is 9.93. The van der Waals surface area contributed by atoms with E-state index in [1.54, 1.807) is 27.7 Å². The van der Waals surface area contributed by atoms with Crippen LogP contribution in [0.4, 0.5) is 13.2 Å². The van der Waals surface area contributed by atoms with Crippen molar-refractivity contribution < 1.29 is 22.8 Å². The second-order valence-corrected chi connectivity index (χ2v) is 10.6. The molecule has 1 aliphatic heterocycles. The van der Waals surface area contributed by atoms with E-state index >= 15 is 0 Å². The lowest BCUT2D eigenvalue weighted by Crippen LogP contribution is -2.38. The highest BCUT2D eigenvalue weighted by Gasteiger charge is 2.47. The molecule has 0 radical (unpaired) electrons. The monoisotopic (exact) mass is 531 g/mol. The number of nitrogens with two attached hydrogens (primary N) is 1. The number of rotatable bonds is 8. The van der Waals surface area contributed by atoms with Crippen molar-refractivity contribution in [3.63, 3.8) is 0 Å². The zero-order valence-electron chi connectivity index (χ0n) is 21.2. The molecule has 2 unspecified atom stereocenters. The summed E-state index contributed by atoms with van der Waals surface area (Å²) in [6.07, 6.45) is 7.08. The number of nitrogens with zero attached hydrogens (tertiary/aromatic N) is 5. The van der Waals surface area contributed by atoms with Gasteiger partial charge >= 0.3 is 6.18 Å². The number of carbonyl (C=O) groups is 2. The standard InChI is InChI=1S/C20H23F3N4O.C6H9N3O/c21-20(22,23)17-7-14(19(28)26-17)5-11-6-18-25-15(10-27(18)24-9-11)8-16(12-1-2-12)13-3-4-13;1-2-9-5(6(7)10)3-4-8-9/h6,9-10,12-14,16-17H,1-5,7-8H2,(H,26,28);3-4H,2H2,1H3,(H2,7,10). The van der Waals surface area contributed by atoms with Crippen molar-refractivity contribution in [1.29, 1.82) is 0 Å². The zero-order valence-corrected chi connectivity index (χ0v) is 21.2. The van der Waals surface area contributed by atoms with Crippen molar-refractivity contribution >= 4 is 17.5 Å². The molecule has 2 atom stereocenters. The van der Waals surface area contributed by atoms with E-state index in [2.05, 4.69) is 15.5 Å². The minimum atomic E-state index is -4.40. The lowest BCUT2D eigenvalue weighted by Gasteiger charge is -2.13. The van der Waals surface area contributed by atoms with Gasteiger partial charge in [-0.15, -0.1) is 0 Å². The summed E-state index contributed by atoms with van der Waals surface area (Å²) in [5, 5.41) is 10.3. The number of amides is 2. The van der Waals surface area contributed by atoms with Gasteiger partial charge in [0, 0.05) is 18.7 Å². The van der Waals surface area contributed by atoms with Crippen LogP contribution in [0.15, 0.2) is 30.7 Å². The molecule has 2 aliphatic carbocycles. The number of hydrogen-bond donors (Lipinski definition) is 2. The van der Waals surface area contributed by atoms with E-state index in [0.29, 0.717) is 17.9 Å². The zero-order chi connectivity index (χ0) is 27.0. The number of nitrogens with one attached hydrogen (secondary N) is 1. The highest BCUT2D eigenvalue weighted by molar-refractivity contribution is 5.90. The van der Waals surface area contributed by atoms with E-state index in [9.17, 15) is 22.8 Å². The van der Waals surface area contributed by atoms with Crippen molar-refractivity contribution in [2.45, 2.75) is 70.6 Å². The normalized spacial score (nSPS) is 21.4. The van der Waals surface area contributed by atoms with E-state index < -0.39 is 30.0 Å². The molecule has 2 saturated carbocycles. The number of aromatic nitrogens is 5. The molecule has 38 heavy (non-hydrogen) atoms. The fourth-order valence-corrected chi connectivity index (χ4v) is 5.39. The molecule has 4 heterocycles. The highest BCUT2D eigenvalue weighted by atomic mass is 19.4. The van der Waals surface area contributed by atoms with Crippen LogP contribution in [0.2, 0.25) is 0 Å². The van der Waals surface area contributed by atoms with Crippen LogP contribution in [-0.4, -0.2) is 48.4 Å². The van der Waals surface area contributed by atoms with Gasteiger partial charge in [-0.3, -0.25) is 14.3 Å². The lowest BCUT2D eigenvalue weighted by molar-refractivity contribution is -0.154. The van der Waals surface area contributed by atoms with Gasteiger partial charge in [-0.25, -0.2) is 9.50 Å². The van der Waals surface area contributed by atoms with Crippen molar-refractivity contribution in [3.05, 3.63) is 47.7 Å². The molecule has 3 fully saturated rings. The number of primary amides is 1. The minimum Gasteiger partial charge on any atom is -0.364 e. The number of carbonyl (C=O) groups excluding carboxylic acids is 2. The summed E-state index contributed by atoms with van der Waals surface area (Å²) in [5.41, 5.74) is 7.97. The molecule has 1 saturated heterocycles. The molecule has 3 aromatic rings. The molecule has 12 heteroatoms. The van der Waals surface area contributed by atoms with E-state index in [1.165, 1.54) is 25.7 Å². The summed E-state index contributed by atoms with van der Waals surface area (Å²) in [4.78, 5) is 27.2.